The zero-order chi connectivity index (χ0) is 26.4. The molecule has 2 unspecified atom stereocenters. The standard InChI is InChI=1S/C28H30F2N6O2/c1-3-22(37)31-7-8-32-27-21-12-33-25(19-6-4-5-15-9-16-10-20(16)23(15)19)24(30)26(21)34-28(35-27)38-14-18-11-17(29)13-36(18)2/h3-6,12,16-18,20H,1,7-11,13-14H2,2H3,(H,31,37)(H,32,34,35)/t16?,17-,18+,20?/m1/s1. The van der Waals surface area contributed by atoms with Crippen LogP contribution in [-0.4, -0.2) is 71.3 Å². The fraction of sp³-hybridized carbons (Fsp3) is 0.429. The fourth-order valence-electron chi connectivity index (χ4n) is 5.78. The molecule has 0 spiro atoms. The van der Waals surface area contributed by atoms with Crippen LogP contribution in [0.2, 0.25) is 0 Å². The second-order valence-corrected chi connectivity index (χ2v) is 10.4. The van der Waals surface area contributed by atoms with Crippen molar-refractivity contribution in [3.05, 3.63) is 54.0 Å². The smallest absolute Gasteiger partial charge is 0.319 e. The van der Waals surface area contributed by atoms with Gasteiger partial charge >= 0.3 is 6.01 Å². The molecule has 2 aliphatic carbocycles. The number of anilines is 1. The van der Waals surface area contributed by atoms with Crippen molar-refractivity contribution in [2.75, 3.05) is 38.6 Å². The molecule has 2 N–H and O–H groups in total. The minimum absolute atomic E-state index is 0.00225. The molecule has 3 heterocycles. The van der Waals surface area contributed by atoms with Crippen LogP contribution in [0.1, 0.15) is 29.9 Å². The predicted octanol–water partition coefficient (Wildman–Crippen LogP) is 3.63. The number of fused-ring (bicyclic) bond motifs is 4. The Morgan fingerprint density at radius 2 is 2.16 bits per heavy atom. The fourth-order valence-corrected chi connectivity index (χ4v) is 5.78. The summed E-state index contributed by atoms with van der Waals surface area (Å²) >= 11 is 0. The van der Waals surface area contributed by atoms with Crippen LogP contribution in [0.5, 0.6) is 6.01 Å². The van der Waals surface area contributed by atoms with Crippen LogP contribution in [0.15, 0.2) is 37.1 Å². The van der Waals surface area contributed by atoms with Gasteiger partial charge in [0.05, 0.1) is 5.39 Å². The molecule has 0 bridgehead atoms. The molecular formula is C28H30F2N6O2. The van der Waals surface area contributed by atoms with Gasteiger partial charge in [-0.15, -0.1) is 0 Å². The molecular weight excluding hydrogens is 490 g/mol. The molecule has 1 saturated heterocycles. The molecule has 3 aromatic rings. The van der Waals surface area contributed by atoms with Gasteiger partial charge in [-0.1, -0.05) is 24.8 Å². The van der Waals surface area contributed by atoms with E-state index in [2.05, 4.69) is 38.2 Å². The topological polar surface area (TPSA) is 92.3 Å². The quantitative estimate of drug-likeness (QED) is 0.329. The number of nitrogens with one attached hydrogen (secondary N) is 2. The number of aromatic nitrogens is 3. The van der Waals surface area contributed by atoms with E-state index in [-0.39, 0.29) is 35.8 Å². The van der Waals surface area contributed by atoms with Crippen molar-refractivity contribution in [2.24, 2.45) is 5.92 Å². The number of pyridine rings is 1. The number of carbonyl (C=O) groups excluding carboxylic acids is 1. The van der Waals surface area contributed by atoms with Crippen LogP contribution in [0.3, 0.4) is 0 Å². The number of likely N-dealkylation sites (tertiary alicyclic amines) is 1. The maximum Gasteiger partial charge on any atom is 0.319 e. The number of likely N-dealkylation sites (N-methyl/N-ethyl adjacent to an activating group) is 1. The van der Waals surface area contributed by atoms with Crippen LogP contribution < -0.4 is 15.4 Å². The molecule has 1 saturated carbocycles. The first-order valence-corrected chi connectivity index (χ1v) is 13.0. The second kappa shape index (κ2) is 9.90. The Morgan fingerprint density at radius 3 is 2.95 bits per heavy atom. The lowest BCUT2D eigenvalue weighted by atomic mass is 9.96. The summed E-state index contributed by atoms with van der Waals surface area (Å²) in [5.41, 5.74) is 3.66. The molecule has 1 amide bonds. The van der Waals surface area contributed by atoms with Gasteiger partial charge in [-0.05, 0) is 55.3 Å². The summed E-state index contributed by atoms with van der Waals surface area (Å²) in [4.78, 5) is 26.8. The Bertz CT molecular complexity index is 1420. The number of alkyl halides is 1. The van der Waals surface area contributed by atoms with E-state index in [1.807, 2.05) is 24.1 Å². The van der Waals surface area contributed by atoms with Crippen LogP contribution >= 0.6 is 0 Å². The number of hydrogen-bond donors (Lipinski definition) is 2. The van der Waals surface area contributed by atoms with Crippen LogP contribution in [0.25, 0.3) is 22.2 Å². The molecule has 3 aliphatic rings. The zero-order valence-electron chi connectivity index (χ0n) is 21.2. The lowest BCUT2D eigenvalue weighted by molar-refractivity contribution is -0.116. The van der Waals surface area contributed by atoms with Crippen molar-refractivity contribution in [1.82, 2.24) is 25.2 Å². The van der Waals surface area contributed by atoms with E-state index in [1.54, 1.807) is 6.20 Å². The Labute approximate surface area is 219 Å². The third-order valence-corrected chi connectivity index (χ3v) is 7.83. The van der Waals surface area contributed by atoms with E-state index in [9.17, 15) is 9.18 Å². The second-order valence-electron chi connectivity index (χ2n) is 10.4. The van der Waals surface area contributed by atoms with Gasteiger partial charge in [-0.25, -0.2) is 8.78 Å². The number of halogens is 2. The Morgan fingerprint density at radius 1 is 1.29 bits per heavy atom. The summed E-state index contributed by atoms with van der Waals surface area (Å²) < 4.78 is 35.9. The van der Waals surface area contributed by atoms with Crippen LogP contribution in [-0.2, 0) is 11.2 Å². The number of ether oxygens (including phenoxy) is 1. The maximum atomic E-state index is 16.2. The van der Waals surface area contributed by atoms with E-state index in [0.717, 1.165) is 18.4 Å². The average molecular weight is 521 g/mol. The highest BCUT2D eigenvalue weighted by atomic mass is 19.1. The molecule has 198 valence electrons. The average Bonchev–Trinajstić information content (AvgIpc) is 3.45. The summed E-state index contributed by atoms with van der Waals surface area (Å²) in [6, 6.07) is 5.89. The lowest BCUT2D eigenvalue weighted by Gasteiger charge is -2.19. The third-order valence-electron chi connectivity index (χ3n) is 7.83. The van der Waals surface area contributed by atoms with Crippen molar-refractivity contribution < 1.29 is 18.3 Å². The van der Waals surface area contributed by atoms with E-state index in [0.29, 0.717) is 49.1 Å². The molecule has 0 radical (unpaired) electrons. The predicted molar refractivity (Wildman–Crippen MR) is 140 cm³/mol. The summed E-state index contributed by atoms with van der Waals surface area (Å²) in [7, 11) is 1.85. The monoisotopic (exact) mass is 520 g/mol. The van der Waals surface area contributed by atoms with E-state index < -0.39 is 12.0 Å². The summed E-state index contributed by atoms with van der Waals surface area (Å²) in [5.74, 6) is 0.664. The molecule has 6 rings (SSSR count). The maximum absolute atomic E-state index is 16.2. The largest absolute Gasteiger partial charge is 0.462 e. The van der Waals surface area contributed by atoms with Crippen molar-refractivity contribution in [1.29, 1.82) is 0 Å². The van der Waals surface area contributed by atoms with E-state index >= 15 is 4.39 Å². The molecule has 2 aromatic heterocycles. The Kier molecular flexibility index (Phi) is 6.43. The first kappa shape index (κ1) is 24.7. The number of amides is 1. The highest BCUT2D eigenvalue weighted by molar-refractivity contribution is 5.92. The first-order chi connectivity index (χ1) is 18.4. The molecule has 10 heteroatoms. The highest BCUT2D eigenvalue weighted by Crippen LogP contribution is 2.58. The van der Waals surface area contributed by atoms with Crippen LogP contribution in [0.4, 0.5) is 14.6 Å². The van der Waals surface area contributed by atoms with Crippen LogP contribution in [0, 0.1) is 11.7 Å². The number of benzene rings is 1. The third kappa shape index (κ3) is 4.57. The lowest BCUT2D eigenvalue weighted by Crippen LogP contribution is -2.31. The zero-order valence-corrected chi connectivity index (χ0v) is 21.2. The Hall–Kier alpha value is -3.66. The van der Waals surface area contributed by atoms with Gasteiger partial charge in [0.25, 0.3) is 0 Å². The number of rotatable bonds is 9. The number of carbonyl (C=O) groups is 1. The van der Waals surface area contributed by atoms with Gasteiger partial charge in [0, 0.05) is 37.4 Å². The first-order valence-electron chi connectivity index (χ1n) is 13.0. The summed E-state index contributed by atoms with van der Waals surface area (Å²) in [6.45, 7) is 4.62. The van der Waals surface area contributed by atoms with Gasteiger partial charge in [0.15, 0.2) is 5.82 Å². The van der Waals surface area contributed by atoms with E-state index in [1.165, 1.54) is 17.2 Å². The van der Waals surface area contributed by atoms with Crippen molar-refractivity contribution in [3.63, 3.8) is 0 Å². The van der Waals surface area contributed by atoms with Crippen molar-refractivity contribution >= 4 is 22.6 Å². The molecule has 8 nitrogen and oxygen atoms in total. The number of nitrogens with zero attached hydrogens (tertiary/aromatic N) is 4. The minimum Gasteiger partial charge on any atom is -0.462 e. The molecule has 4 atom stereocenters. The Balaban J connectivity index is 1.34. The normalized spacial score (nSPS) is 23.7. The van der Waals surface area contributed by atoms with E-state index in [4.69, 9.17) is 4.74 Å². The molecule has 1 aliphatic heterocycles. The van der Waals surface area contributed by atoms with Gasteiger partial charge in [0.1, 0.15) is 29.8 Å². The SMILES string of the molecule is C=CC(=O)NCCNc1nc(OC[C@@H]2C[C@@H](F)CN2C)nc2c(F)c(-c3cccc4c3C3CC3C4)ncc12. The minimum atomic E-state index is -0.904. The van der Waals surface area contributed by atoms with Gasteiger partial charge in [-0.2, -0.15) is 9.97 Å². The van der Waals surface area contributed by atoms with Gasteiger partial charge in [-0.3, -0.25) is 14.7 Å². The van der Waals surface area contributed by atoms with Crippen molar-refractivity contribution in [2.45, 2.75) is 37.4 Å². The highest BCUT2D eigenvalue weighted by Gasteiger charge is 2.46. The number of hydrogen-bond acceptors (Lipinski definition) is 7. The van der Waals surface area contributed by atoms with Crippen molar-refractivity contribution in [3.8, 4) is 17.3 Å². The molecule has 2 fully saturated rings. The van der Waals surface area contributed by atoms with Gasteiger partial charge < -0.3 is 15.4 Å². The van der Waals surface area contributed by atoms with Gasteiger partial charge in [0.2, 0.25) is 5.91 Å². The summed E-state index contributed by atoms with van der Waals surface area (Å²) in [6.07, 6.45) is 4.42. The molecule has 1 aromatic carbocycles. The summed E-state index contributed by atoms with van der Waals surface area (Å²) in [5, 5.41) is 6.23. The molecule has 38 heavy (non-hydrogen) atoms.